The van der Waals surface area contributed by atoms with Crippen LogP contribution in [0, 0.1) is 0 Å². The second-order valence-electron chi connectivity index (χ2n) is 5.87. The fourth-order valence-corrected chi connectivity index (χ4v) is 4.21. The SMILES string of the molecule is O=C(O)NC1COCc2ccc3c(c21)C1CCC3C1. The summed E-state index contributed by atoms with van der Waals surface area (Å²) < 4.78 is 5.52. The molecule has 3 aliphatic rings. The van der Waals surface area contributed by atoms with Gasteiger partial charge < -0.3 is 15.2 Å². The number of rotatable bonds is 1. The first kappa shape index (κ1) is 11.3. The summed E-state index contributed by atoms with van der Waals surface area (Å²) in [5.74, 6) is 1.35. The minimum absolute atomic E-state index is 0.199. The average Bonchev–Trinajstić information content (AvgIpc) is 2.99. The Bertz CT molecular complexity index is 555. The zero-order valence-electron chi connectivity index (χ0n) is 10.7. The van der Waals surface area contributed by atoms with Gasteiger partial charge in [0.25, 0.3) is 0 Å². The maximum atomic E-state index is 11.0. The van der Waals surface area contributed by atoms with Gasteiger partial charge in [-0.15, -0.1) is 0 Å². The van der Waals surface area contributed by atoms with Gasteiger partial charge in [0.05, 0.1) is 19.3 Å². The van der Waals surface area contributed by atoms with Crippen LogP contribution in [0.5, 0.6) is 0 Å². The molecule has 1 fully saturated rings. The lowest BCUT2D eigenvalue weighted by Gasteiger charge is -2.31. The highest BCUT2D eigenvalue weighted by Gasteiger charge is 2.41. The van der Waals surface area contributed by atoms with Crippen molar-refractivity contribution in [2.75, 3.05) is 6.61 Å². The van der Waals surface area contributed by atoms with Crippen LogP contribution < -0.4 is 5.32 Å². The summed E-state index contributed by atoms with van der Waals surface area (Å²) in [5.41, 5.74) is 5.29. The number of amides is 1. The second kappa shape index (κ2) is 3.97. The van der Waals surface area contributed by atoms with Crippen LogP contribution in [0.4, 0.5) is 4.79 Å². The minimum Gasteiger partial charge on any atom is -0.465 e. The van der Waals surface area contributed by atoms with Crippen LogP contribution in [-0.4, -0.2) is 17.8 Å². The van der Waals surface area contributed by atoms with E-state index >= 15 is 0 Å². The fourth-order valence-electron chi connectivity index (χ4n) is 4.21. The Morgan fingerprint density at radius 2 is 2.11 bits per heavy atom. The third kappa shape index (κ3) is 1.59. The molecule has 0 aromatic heterocycles. The van der Waals surface area contributed by atoms with Gasteiger partial charge in [-0.1, -0.05) is 12.1 Å². The van der Waals surface area contributed by atoms with E-state index in [-0.39, 0.29) is 6.04 Å². The van der Waals surface area contributed by atoms with E-state index in [4.69, 9.17) is 9.84 Å². The largest absolute Gasteiger partial charge is 0.465 e. The lowest BCUT2D eigenvalue weighted by Crippen LogP contribution is -2.34. The van der Waals surface area contributed by atoms with Crippen LogP contribution in [0.15, 0.2) is 12.1 Å². The molecule has 1 heterocycles. The Hall–Kier alpha value is -1.55. The van der Waals surface area contributed by atoms with E-state index in [0.29, 0.717) is 25.0 Å². The Balaban J connectivity index is 1.84. The monoisotopic (exact) mass is 259 g/mol. The van der Waals surface area contributed by atoms with E-state index in [9.17, 15) is 4.79 Å². The maximum absolute atomic E-state index is 11.0. The van der Waals surface area contributed by atoms with Gasteiger partial charge in [0.15, 0.2) is 0 Å². The molecule has 4 nitrogen and oxygen atoms in total. The Labute approximate surface area is 111 Å². The van der Waals surface area contributed by atoms with Gasteiger partial charge in [-0.05, 0) is 53.4 Å². The molecule has 4 rings (SSSR count). The van der Waals surface area contributed by atoms with E-state index in [2.05, 4.69) is 17.4 Å². The van der Waals surface area contributed by atoms with Crippen molar-refractivity contribution < 1.29 is 14.6 Å². The van der Waals surface area contributed by atoms with Gasteiger partial charge in [-0.2, -0.15) is 0 Å². The van der Waals surface area contributed by atoms with Crippen molar-refractivity contribution in [2.45, 2.75) is 43.7 Å². The van der Waals surface area contributed by atoms with Crippen molar-refractivity contribution in [1.82, 2.24) is 5.32 Å². The number of ether oxygens (including phenoxy) is 1. The Kier molecular flexibility index (Phi) is 2.36. The topological polar surface area (TPSA) is 58.6 Å². The summed E-state index contributed by atoms with van der Waals surface area (Å²) in [6.45, 7) is 1.06. The number of carboxylic acid groups (broad SMARTS) is 1. The third-order valence-electron chi connectivity index (χ3n) is 4.88. The molecule has 0 saturated heterocycles. The quantitative estimate of drug-likeness (QED) is 0.815. The molecular formula is C15H17NO3. The molecule has 1 aromatic rings. The van der Waals surface area contributed by atoms with Gasteiger partial charge in [0.1, 0.15) is 0 Å². The molecule has 2 aliphatic carbocycles. The normalized spacial score (nSPS) is 30.8. The molecule has 0 radical (unpaired) electrons. The molecule has 1 amide bonds. The summed E-state index contributed by atoms with van der Waals surface area (Å²) in [7, 11) is 0. The van der Waals surface area contributed by atoms with Crippen LogP contribution in [0.2, 0.25) is 0 Å². The molecule has 1 aliphatic heterocycles. The van der Waals surface area contributed by atoms with Crippen LogP contribution in [0.3, 0.4) is 0 Å². The van der Waals surface area contributed by atoms with Crippen LogP contribution in [0.25, 0.3) is 0 Å². The molecule has 1 saturated carbocycles. The molecular weight excluding hydrogens is 242 g/mol. The summed E-state index contributed by atoms with van der Waals surface area (Å²) in [5, 5.41) is 11.6. The highest BCUT2D eigenvalue weighted by Crippen LogP contribution is 2.55. The van der Waals surface area contributed by atoms with Crippen molar-refractivity contribution in [3.8, 4) is 0 Å². The predicted octanol–water partition coefficient (Wildman–Crippen LogP) is 2.89. The molecule has 3 unspecified atom stereocenters. The van der Waals surface area contributed by atoms with E-state index in [1.165, 1.54) is 36.0 Å². The minimum atomic E-state index is -0.970. The zero-order valence-corrected chi connectivity index (χ0v) is 10.7. The number of hydrogen-bond donors (Lipinski definition) is 2. The van der Waals surface area contributed by atoms with Gasteiger partial charge >= 0.3 is 6.09 Å². The van der Waals surface area contributed by atoms with E-state index in [1.807, 2.05) is 0 Å². The first-order valence-corrected chi connectivity index (χ1v) is 6.97. The lowest BCUT2D eigenvalue weighted by molar-refractivity contribution is 0.0802. The lowest BCUT2D eigenvalue weighted by atomic mass is 9.82. The molecule has 0 spiro atoms. The number of carbonyl (C=O) groups is 1. The van der Waals surface area contributed by atoms with E-state index in [1.54, 1.807) is 0 Å². The molecule has 2 bridgehead atoms. The van der Waals surface area contributed by atoms with Crippen LogP contribution in [-0.2, 0) is 11.3 Å². The first-order chi connectivity index (χ1) is 9.24. The van der Waals surface area contributed by atoms with Crippen LogP contribution >= 0.6 is 0 Å². The van der Waals surface area contributed by atoms with Crippen molar-refractivity contribution >= 4 is 6.09 Å². The highest BCUT2D eigenvalue weighted by atomic mass is 16.5. The smallest absolute Gasteiger partial charge is 0.405 e. The Morgan fingerprint density at radius 1 is 1.26 bits per heavy atom. The highest BCUT2D eigenvalue weighted by molar-refractivity contribution is 5.66. The standard InChI is InChI=1S/C15H17NO3/c17-15(18)16-12-7-19-6-10-3-4-11-8-1-2-9(5-8)13(11)14(10)12/h3-4,8-9,12,16H,1-2,5-7H2,(H,17,18). The summed E-state index contributed by atoms with van der Waals surface area (Å²) >= 11 is 0. The number of benzene rings is 1. The van der Waals surface area contributed by atoms with Crippen LogP contribution in [0.1, 0.15) is 59.4 Å². The predicted molar refractivity (Wildman–Crippen MR) is 69.3 cm³/mol. The van der Waals surface area contributed by atoms with E-state index < -0.39 is 6.09 Å². The van der Waals surface area contributed by atoms with Crippen molar-refractivity contribution in [3.63, 3.8) is 0 Å². The van der Waals surface area contributed by atoms with Crippen molar-refractivity contribution in [3.05, 3.63) is 34.4 Å². The molecule has 1 aromatic carbocycles. The van der Waals surface area contributed by atoms with Crippen molar-refractivity contribution in [2.24, 2.45) is 0 Å². The Morgan fingerprint density at radius 3 is 2.95 bits per heavy atom. The number of hydrogen-bond acceptors (Lipinski definition) is 2. The van der Waals surface area contributed by atoms with Gasteiger partial charge in [-0.25, -0.2) is 4.79 Å². The molecule has 3 atom stereocenters. The summed E-state index contributed by atoms with van der Waals surface area (Å²) in [6, 6.07) is 4.17. The maximum Gasteiger partial charge on any atom is 0.405 e. The van der Waals surface area contributed by atoms with Crippen molar-refractivity contribution in [1.29, 1.82) is 0 Å². The first-order valence-electron chi connectivity index (χ1n) is 6.97. The number of fused-ring (bicyclic) bond motifs is 7. The summed E-state index contributed by atoms with van der Waals surface area (Å²) in [4.78, 5) is 11.0. The molecule has 19 heavy (non-hydrogen) atoms. The van der Waals surface area contributed by atoms with Gasteiger partial charge in [0.2, 0.25) is 0 Å². The fraction of sp³-hybridized carbons (Fsp3) is 0.533. The van der Waals surface area contributed by atoms with Gasteiger partial charge in [0, 0.05) is 0 Å². The molecule has 2 N–H and O–H groups in total. The third-order valence-corrected chi connectivity index (χ3v) is 4.88. The zero-order chi connectivity index (χ0) is 13.0. The summed E-state index contributed by atoms with van der Waals surface area (Å²) in [6.07, 6.45) is 2.84. The second-order valence-corrected chi connectivity index (χ2v) is 5.87. The average molecular weight is 259 g/mol. The molecule has 100 valence electrons. The number of nitrogens with one attached hydrogen (secondary N) is 1. The van der Waals surface area contributed by atoms with Gasteiger partial charge in [-0.3, -0.25) is 0 Å². The van der Waals surface area contributed by atoms with E-state index in [0.717, 1.165) is 5.56 Å². The molecule has 4 heteroatoms.